The van der Waals surface area contributed by atoms with E-state index in [2.05, 4.69) is 0 Å². The third-order valence-electron chi connectivity index (χ3n) is 2.12. The molecule has 1 rings (SSSR count). The van der Waals surface area contributed by atoms with Crippen LogP contribution < -0.4 is 0 Å². The second kappa shape index (κ2) is 3.97. The molecule has 2 heteroatoms. The second-order valence-corrected chi connectivity index (χ2v) is 3.23. The lowest BCUT2D eigenvalue weighted by Crippen LogP contribution is -2.13. The van der Waals surface area contributed by atoms with Gasteiger partial charge in [0.25, 0.3) is 0 Å². The standard InChI is InChI=1S/C8H13ClO/c9-6-7-4-2-1-3-5-8(7)10/h7H,1-6H2. The molecular formula is C8H13ClO. The van der Waals surface area contributed by atoms with Crippen LogP contribution >= 0.6 is 11.6 Å². The minimum Gasteiger partial charge on any atom is -0.299 e. The smallest absolute Gasteiger partial charge is 0.137 e. The van der Waals surface area contributed by atoms with Crippen molar-refractivity contribution in [3.63, 3.8) is 0 Å². The molecule has 0 heterocycles. The summed E-state index contributed by atoms with van der Waals surface area (Å²) in [4.78, 5) is 11.2. The zero-order valence-corrected chi connectivity index (χ0v) is 6.86. The fourth-order valence-corrected chi connectivity index (χ4v) is 1.72. The molecule has 10 heavy (non-hydrogen) atoms. The summed E-state index contributed by atoms with van der Waals surface area (Å²) in [6.07, 6.45) is 5.24. The molecule has 0 N–H and O–H groups in total. The van der Waals surface area contributed by atoms with Crippen LogP contribution in [0.1, 0.15) is 32.1 Å². The average Bonchev–Trinajstić information content (AvgIpc) is 2.13. The summed E-state index contributed by atoms with van der Waals surface area (Å²) in [5.74, 6) is 1.08. The van der Waals surface area contributed by atoms with E-state index in [1.807, 2.05) is 0 Å². The lowest BCUT2D eigenvalue weighted by Gasteiger charge is -2.06. The predicted octanol–water partition coefficient (Wildman–Crippen LogP) is 2.37. The zero-order valence-electron chi connectivity index (χ0n) is 6.11. The van der Waals surface area contributed by atoms with Crippen molar-refractivity contribution in [3.05, 3.63) is 0 Å². The topological polar surface area (TPSA) is 17.1 Å². The molecule has 1 fully saturated rings. The van der Waals surface area contributed by atoms with Crippen LogP contribution in [0, 0.1) is 5.92 Å². The minimum atomic E-state index is 0.171. The molecule has 1 atom stereocenters. The van der Waals surface area contributed by atoms with Gasteiger partial charge >= 0.3 is 0 Å². The van der Waals surface area contributed by atoms with Gasteiger partial charge < -0.3 is 0 Å². The summed E-state index contributed by atoms with van der Waals surface area (Å²) in [6.45, 7) is 0. The van der Waals surface area contributed by atoms with Crippen LogP contribution in [0.15, 0.2) is 0 Å². The number of rotatable bonds is 1. The van der Waals surface area contributed by atoms with Crippen molar-refractivity contribution < 1.29 is 4.79 Å². The van der Waals surface area contributed by atoms with Gasteiger partial charge in [0.05, 0.1) is 0 Å². The summed E-state index contributed by atoms with van der Waals surface area (Å²) >= 11 is 5.63. The average molecular weight is 161 g/mol. The first kappa shape index (κ1) is 8.06. The molecule has 1 saturated carbocycles. The Kier molecular flexibility index (Phi) is 3.20. The highest BCUT2D eigenvalue weighted by atomic mass is 35.5. The van der Waals surface area contributed by atoms with Crippen molar-refractivity contribution in [1.82, 2.24) is 0 Å². The van der Waals surface area contributed by atoms with Gasteiger partial charge in [-0.15, -0.1) is 11.6 Å². The van der Waals surface area contributed by atoms with E-state index >= 15 is 0 Å². The highest BCUT2D eigenvalue weighted by molar-refractivity contribution is 6.19. The normalized spacial score (nSPS) is 28.1. The Hall–Kier alpha value is -0.0400. The van der Waals surface area contributed by atoms with Crippen molar-refractivity contribution in [2.75, 3.05) is 5.88 Å². The van der Waals surface area contributed by atoms with Gasteiger partial charge in [-0.25, -0.2) is 0 Å². The second-order valence-electron chi connectivity index (χ2n) is 2.92. The molecule has 0 aromatic heterocycles. The molecular weight excluding hydrogens is 148 g/mol. The van der Waals surface area contributed by atoms with Crippen LogP contribution in [-0.4, -0.2) is 11.7 Å². The summed E-state index contributed by atoms with van der Waals surface area (Å²) < 4.78 is 0. The predicted molar refractivity (Wildman–Crippen MR) is 42.3 cm³/mol. The Labute approximate surface area is 66.8 Å². The molecule has 0 saturated heterocycles. The Morgan fingerprint density at radius 1 is 1.40 bits per heavy atom. The Balaban J connectivity index is 2.43. The third-order valence-corrected chi connectivity index (χ3v) is 2.49. The van der Waals surface area contributed by atoms with E-state index in [1.54, 1.807) is 0 Å². The van der Waals surface area contributed by atoms with Crippen molar-refractivity contribution >= 4 is 17.4 Å². The quantitative estimate of drug-likeness (QED) is 0.425. The molecule has 0 aliphatic heterocycles. The first-order chi connectivity index (χ1) is 4.84. The van der Waals surface area contributed by atoms with Crippen LogP contribution in [-0.2, 0) is 4.79 Å². The van der Waals surface area contributed by atoms with Crippen molar-refractivity contribution in [2.24, 2.45) is 5.92 Å². The largest absolute Gasteiger partial charge is 0.299 e. The number of alkyl halides is 1. The minimum absolute atomic E-state index is 0.171. The van der Waals surface area contributed by atoms with E-state index in [0.29, 0.717) is 11.7 Å². The van der Waals surface area contributed by atoms with E-state index in [4.69, 9.17) is 11.6 Å². The van der Waals surface area contributed by atoms with Gasteiger partial charge in [0, 0.05) is 18.2 Å². The van der Waals surface area contributed by atoms with Gasteiger partial charge in [-0.3, -0.25) is 4.79 Å². The van der Waals surface area contributed by atoms with Gasteiger partial charge in [-0.1, -0.05) is 12.8 Å². The first-order valence-corrected chi connectivity index (χ1v) is 4.46. The molecule has 1 aliphatic carbocycles. The van der Waals surface area contributed by atoms with E-state index in [1.165, 1.54) is 12.8 Å². The van der Waals surface area contributed by atoms with Crippen molar-refractivity contribution in [1.29, 1.82) is 0 Å². The fourth-order valence-electron chi connectivity index (χ4n) is 1.40. The van der Waals surface area contributed by atoms with Crippen LogP contribution in [0.25, 0.3) is 0 Å². The lowest BCUT2D eigenvalue weighted by atomic mass is 10.0. The monoisotopic (exact) mass is 160 g/mol. The summed E-state index contributed by atoms with van der Waals surface area (Å²) in [5.41, 5.74) is 0. The maximum absolute atomic E-state index is 11.2. The van der Waals surface area contributed by atoms with E-state index in [0.717, 1.165) is 19.3 Å². The molecule has 0 radical (unpaired) electrons. The highest BCUT2D eigenvalue weighted by Gasteiger charge is 2.18. The van der Waals surface area contributed by atoms with Crippen LogP contribution in [0.3, 0.4) is 0 Å². The van der Waals surface area contributed by atoms with E-state index in [9.17, 15) is 4.79 Å². The number of carbonyl (C=O) groups excluding carboxylic acids is 1. The molecule has 1 aliphatic rings. The molecule has 1 unspecified atom stereocenters. The number of hydrogen-bond donors (Lipinski definition) is 0. The Bertz CT molecular complexity index is 122. The summed E-state index contributed by atoms with van der Waals surface area (Å²) in [7, 11) is 0. The van der Waals surface area contributed by atoms with Crippen molar-refractivity contribution in [2.45, 2.75) is 32.1 Å². The Morgan fingerprint density at radius 3 is 2.90 bits per heavy atom. The fraction of sp³-hybridized carbons (Fsp3) is 0.875. The highest BCUT2D eigenvalue weighted by Crippen LogP contribution is 2.20. The zero-order chi connectivity index (χ0) is 7.40. The van der Waals surface area contributed by atoms with Crippen molar-refractivity contribution in [3.8, 4) is 0 Å². The number of carbonyl (C=O) groups is 1. The van der Waals surface area contributed by atoms with Gasteiger partial charge in [0.2, 0.25) is 0 Å². The maximum Gasteiger partial charge on any atom is 0.137 e. The Morgan fingerprint density at radius 2 is 2.20 bits per heavy atom. The van der Waals surface area contributed by atoms with Crippen LogP contribution in [0.5, 0.6) is 0 Å². The number of halogens is 1. The van der Waals surface area contributed by atoms with Gasteiger partial charge in [-0.2, -0.15) is 0 Å². The molecule has 0 amide bonds. The molecule has 0 spiro atoms. The van der Waals surface area contributed by atoms with E-state index < -0.39 is 0 Å². The van der Waals surface area contributed by atoms with Gasteiger partial charge in [0.15, 0.2) is 0 Å². The maximum atomic E-state index is 11.2. The number of ketones is 1. The lowest BCUT2D eigenvalue weighted by molar-refractivity contribution is -0.122. The number of hydrogen-bond acceptors (Lipinski definition) is 1. The molecule has 0 bridgehead atoms. The van der Waals surface area contributed by atoms with Gasteiger partial charge in [-0.05, 0) is 12.8 Å². The summed E-state index contributed by atoms with van der Waals surface area (Å²) in [6, 6.07) is 0. The molecule has 0 aromatic carbocycles. The first-order valence-electron chi connectivity index (χ1n) is 3.93. The molecule has 1 nitrogen and oxygen atoms in total. The SMILES string of the molecule is O=C1CCCCCC1CCl. The van der Waals surface area contributed by atoms with E-state index in [-0.39, 0.29) is 5.92 Å². The summed E-state index contributed by atoms with van der Waals surface area (Å²) in [5, 5.41) is 0. The number of Topliss-reactive ketones (excluding diaryl/α,β-unsaturated/α-hetero) is 1. The third kappa shape index (κ3) is 1.98. The van der Waals surface area contributed by atoms with Crippen LogP contribution in [0.4, 0.5) is 0 Å². The molecule has 0 aromatic rings. The van der Waals surface area contributed by atoms with Crippen LogP contribution in [0.2, 0.25) is 0 Å². The van der Waals surface area contributed by atoms with Gasteiger partial charge in [0.1, 0.15) is 5.78 Å². The molecule has 58 valence electrons.